The lowest BCUT2D eigenvalue weighted by Gasteiger charge is -2.32. The highest BCUT2D eigenvalue weighted by Gasteiger charge is 2.38. The van der Waals surface area contributed by atoms with E-state index in [0.29, 0.717) is 17.7 Å². The van der Waals surface area contributed by atoms with Crippen molar-refractivity contribution < 1.29 is 36.6 Å². The second-order valence-electron chi connectivity index (χ2n) is 7.09. The number of cyclic esters (lactones) is 1. The number of carbonyl (C=O) groups excluding carboxylic acids is 2. The van der Waals surface area contributed by atoms with Crippen LogP contribution < -0.4 is 15.0 Å². The Morgan fingerprint density at radius 1 is 1.16 bits per heavy atom. The number of halogens is 4. The van der Waals surface area contributed by atoms with Gasteiger partial charge < -0.3 is 19.7 Å². The van der Waals surface area contributed by atoms with Crippen molar-refractivity contribution in [3.63, 3.8) is 0 Å². The van der Waals surface area contributed by atoms with E-state index in [1.165, 1.54) is 40.1 Å². The Labute approximate surface area is 174 Å². The molecule has 2 aromatic carbocycles. The van der Waals surface area contributed by atoms with Crippen molar-refractivity contribution in [3.8, 4) is 5.75 Å². The van der Waals surface area contributed by atoms with Crippen LogP contribution in [0.4, 0.5) is 38.5 Å². The zero-order valence-electron chi connectivity index (χ0n) is 16.0. The van der Waals surface area contributed by atoms with Crippen LogP contribution >= 0.6 is 0 Å². The molecule has 4 rings (SSSR count). The van der Waals surface area contributed by atoms with E-state index in [1.54, 1.807) is 0 Å². The van der Waals surface area contributed by atoms with Crippen LogP contribution in [0.3, 0.4) is 0 Å². The molecule has 1 atom stereocenters. The summed E-state index contributed by atoms with van der Waals surface area (Å²) in [6.45, 7) is 0.522. The number of rotatable bonds is 2. The summed E-state index contributed by atoms with van der Waals surface area (Å²) in [6.07, 6.45) is -4.95. The van der Waals surface area contributed by atoms with Crippen LogP contribution in [-0.4, -0.2) is 42.6 Å². The molecular weight excluding hydrogens is 422 g/mol. The lowest BCUT2D eigenvalue weighted by atomic mass is 10.1. The molecule has 0 spiro atoms. The van der Waals surface area contributed by atoms with E-state index < -0.39 is 30.1 Å². The summed E-state index contributed by atoms with van der Waals surface area (Å²) in [4.78, 5) is 27.8. The number of ether oxygens (including phenoxy) is 2. The van der Waals surface area contributed by atoms with Crippen LogP contribution in [0.5, 0.6) is 5.75 Å². The molecule has 7 nitrogen and oxygen atoms in total. The van der Waals surface area contributed by atoms with Crippen molar-refractivity contribution >= 4 is 23.5 Å². The second-order valence-corrected chi connectivity index (χ2v) is 7.09. The Bertz CT molecular complexity index is 997. The minimum Gasteiger partial charge on any atom is -0.447 e. The van der Waals surface area contributed by atoms with E-state index in [4.69, 9.17) is 4.74 Å². The molecule has 1 N–H and O–H groups in total. The van der Waals surface area contributed by atoms with E-state index in [1.807, 2.05) is 0 Å². The average molecular weight is 439 g/mol. The van der Waals surface area contributed by atoms with Crippen LogP contribution in [0, 0.1) is 5.82 Å². The van der Waals surface area contributed by atoms with E-state index in [2.05, 4.69) is 10.1 Å². The number of nitrogens with zero attached hydrogens (tertiary/aromatic N) is 2. The molecule has 2 aromatic rings. The normalized spacial score (nSPS) is 18.5. The van der Waals surface area contributed by atoms with E-state index in [-0.39, 0.29) is 31.4 Å². The number of urea groups is 1. The first-order valence-corrected chi connectivity index (χ1v) is 9.36. The fourth-order valence-corrected chi connectivity index (χ4v) is 3.57. The molecule has 164 valence electrons. The molecule has 0 saturated carbocycles. The van der Waals surface area contributed by atoms with Crippen molar-refractivity contribution in [1.82, 2.24) is 4.90 Å². The summed E-state index contributed by atoms with van der Waals surface area (Å²) in [5.74, 6) is -0.923. The average Bonchev–Trinajstić information content (AvgIpc) is 3.04. The van der Waals surface area contributed by atoms with Crippen LogP contribution in [-0.2, 0) is 11.3 Å². The molecule has 31 heavy (non-hydrogen) atoms. The van der Waals surface area contributed by atoms with Crippen molar-refractivity contribution in [2.24, 2.45) is 0 Å². The van der Waals surface area contributed by atoms with Crippen LogP contribution in [0.2, 0.25) is 0 Å². The predicted molar refractivity (Wildman–Crippen MR) is 101 cm³/mol. The number of benzene rings is 2. The van der Waals surface area contributed by atoms with Gasteiger partial charge in [-0.2, -0.15) is 0 Å². The summed E-state index contributed by atoms with van der Waals surface area (Å²) < 4.78 is 59.6. The lowest BCUT2D eigenvalue weighted by Crippen LogP contribution is -2.43. The van der Waals surface area contributed by atoms with Crippen molar-refractivity contribution in [2.45, 2.75) is 25.4 Å². The highest BCUT2D eigenvalue weighted by molar-refractivity contribution is 5.92. The maximum atomic E-state index is 13.8. The minimum atomic E-state index is -4.80. The van der Waals surface area contributed by atoms with Crippen molar-refractivity contribution in [1.29, 1.82) is 0 Å². The van der Waals surface area contributed by atoms with E-state index >= 15 is 0 Å². The van der Waals surface area contributed by atoms with Gasteiger partial charge in [0.1, 0.15) is 18.2 Å². The first-order valence-electron chi connectivity index (χ1n) is 9.36. The molecular formula is C20H17F4N3O4. The SMILES string of the molecule is O=C(Nc1ccc(OC(F)(F)F)cc1)N1CC[C@H]2COC(=O)N2c2cc(F)ccc2C1. The summed E-state index contributed by atoms with van der Waals surface area (Å²) in [5.41, 5.74) is 1.19. The molecule has 2 heterocycles. The van der Waals surface area contributed by atoms with Gasteiger partial charge in [0.25, 0.3) is 0 Å². The third kappa shape index (κ3) is 4.65. The van der Waals surface area contributed by atoms with Gasteiger partial charge in [0.15, 0.2) is 0 Å². The Balaban J connectivity index is 1.51. The largest absolute Gasteiger partial charge is 0.573 e. The number of fused-ring (bicyclic) bond motifs is 3. The van der Waals surface area contributed by atoms with Gasteiger partial charge in [-0.15, -0.1) is 13.2 Å². The fraction of sp³-hybridized carbons (Fsp3) is 0.300. The first-order chi connectivity index (χ1) is 14.7. The molecule has 0 unspecified atom stereocenters. The van der Waals surface area contributed by atoms with Gasteiger partial charge in [-0.25, -0.2) is 14.0 Å². The van der Waals surface area contributed by atoms with Crippen LogP contribution in [0.15, 0.2) is 42.5 Å². The number of nitrogens with one attached hydrogen (secondary N) is 1. The summed E-state index contributed by atoms with van der Waals surface area (Å²) in [6, 6.07) is 7.90. The van der Waals surface area contributed by atoms with Gasteiger partial charge in [0, 0.05) is 18.8 Å². The molecule has 2 aliphatic heterocycles. The molecule has 1 fully saturated rings. The van der Waals surface area contributed by atoms with E-state index in [9.17, 15) is 27.2 Å². The lowest BCUT2D eigenvalue weighted by molar-refractivity contribution is -0.274. The van der Waals surface area contributed by atoms with Gasteiger partial charge in [0.2, 0.25) is 0 Å². The summed E-state index contributed by atoms with van der Waals surface area (Å²) in [7, 11) is 0. The molecule has 0 aromatic heterocycles. The van der Waals surface area contributed by atoms with Crippen molar-refractivity contribution in [2.75, 3.05) is 23.4 Å². The fourth-order valence-electron chi connectivity index (χ4n) is 3.57. The molecule has 11 heteroatoms. The van der Waals surface area contributed by atoms with Crippen LogP contribution in [0.1, 0.15) is 12.0 Å². The zero-order chi connectivity index (χ0) is 22.2. The van der Waals surface area contributed by atoms with Gasteiger partial charge in [0.05, 0.1) is 11.7 Å². The molecule has 2 aliphatic rings. The predicted octanol–water partition coefficient (Wildman–Crippen LogP) is 4.49. The summed E-state index contributed by atoms with van der Waals surface area (Å²) in [5, 5.41) is 2.62. The molecule has 0 radical (unpaired) electrons. The Morgan fingerprint density at radius 3 is 2.61 bits per heavy atom. The molecule has 1 saturated heterocycles. The molecule has 3 amide bonds. The standard InChI is InChI=1S/C20H17F4N3O4/c21-13-2-1-12-10-26(8-7-15-11-30-19(29)27(15)17(12)9-13)18(28)25-14-3-5-16(6-4-14)31-20(22,23)24/h1-6,9,15H,7-8,10-11H2,(H,25,28)/t15-/m0/s1. The quantitative estimate of drug-likeness (QED) is 0.701. The van der Waals surface area contributed by atoms with Gasteiger partial charge in [-0.05, 0) is 48.4 Å². The maximum absolute atomic E-state index is 13.8. The van der Waals surface area contributed by atoms with Gasteiger partial charge >= 0.3 is 18.5 Å². The highest BCUT2D eigenvalue weighted by atomic mass is 19.4. The third-order valence-corrected chi connectivity index (χ3v) is 4.99. The highest BCUT2D eigenvalue weighted by Crippen LogP contribution is 2.32. The van der Waals surface area contributed by atoms with Gasteiger partial charge in [-0.1, -0.05) is 6.07 Å². The van der Waals surface area contributed by atoms with Gasteiger partial charge in [-0.3, -0.25) is 4.90 Å². The summed E-state index contributed by atoms with van der Waals surface area (Å²) >= 11 is 0. The second kappa shape index (κ2) is 7.97. The number of anilines is 2. The van der Waals surface area contributed by atoms with E-state index in [0.717, 1.165) is 12.1 Å². The Kier molecular flexibility index (Phi) is 5.34. The topological polar surface area (TPSA) is 71.1 Å². The monoisotopic (exact) mass is 439 g/mol. The molecule has 0 aliphatic carbocycles. The van der Waals surface area contributed by atoms with Crippen molar-refractivity contribution in [3.05, 3.63) is 53.8 Å². The molecule has 0 bridgehead atoms. The minimum absolute atomic E-state index is 0.104. The Hall–Kier alpha value is -3.50. The third-order valence-electron chi connectivity index (χ3n) is 4.99. The number of hydrogen-bond acceptors (Lipinski definition) is 4. The number of hydrogen-bond donors (Lipinski definition) is 1. The van der Waals surface area contributed by atoms with Crippen LogP contribution in [0.25, 0.3) is 0 Å². The Morgan fingerprint density at radius 2 is 1.90 bits per heavy atom. The number of amides is 3. The maximum Gasteiger partial charge on any atom is 0.573 e. The smallest absolute Gasteiger partial charge is 0.447 e. The zero-order valence-corrected chi connectivity index (χ0v) is 16.0. The number of carbonyl (C=O) groups is 2. The first kappa shape index (κ1) is 20.8. The number of alkyl halides is 3.